The maximum Gasteiger partial charge on any atom is 0.222 e. The van der Waals surface area contributed by atoms with Crippen molar-refractivity contribution in [3.8, 4) is 0 Å². The molecule has 0 fully saturated rings. The minimum absolute atomic E-state index is 0.0172. The molecule has 18 heavy (non-hydrogen) atoms. The lowest BCUT2D eigenvalue weighted by molar-refractivity contribution is -0.122. The van der Waals surface area contributed by atoms with Crippen molar-refractivity contribution in [2.24, 2.45) is 5.73 Å². The van der Waals surface area contributed by atoms with Gasteiger partial charge in [0.1, 0.15) is 0 Å². The molecule has 1 unspecified atom stereocenters. The molecular formula is C15H24N2O. The highest BCUT2D eigenvalue weighted by atomic mass is 16.1. The Balaban J connectivity index is 2.50. The zero-order valence-electron chi connectivity index (χ0n) is 11.8. The predicted octanol–water partition coefficient (Wildman–Crippen LogP) is 2.17. The maximum atomic E-state index is 11.8. The van der Waals surface area contributed by atoms with Crippen molar-refractivity contribution in [2.75, 3.05) is 0 Å². The topological polar surface area (TPSA) is 55.1 Å². The molecule has 3 N–H and O–H groups in total. The van der Waals surface area contributed by atoms with Crippen molar-refractivity contribution >= 4 is 5.91 Å². The maximum absolute atomic E-state index is 11.8. The van der Waals surface area contributed by atoms with Crippen LogP contribution in [0.25, 0.3) is 0 Å². The summed E-state index contributed by atoms with van der Waals surface area (Å²) in [5, 5.41) is 2.99. The van der Waals surface area contributed by atoms with Gasteiger partial charge in [-0.15, -0.1) is 0 Å². The Kier molecular flexibility index (Phi) is 4.91. The molecule has 0 saturated heterocycles. The van der Waals surface area contributed by atoms with Crippen molar-refractivity contribution in [2.45, 2.75) is 52.1 Å². The second kappa shape index (κ2) is 6.01. The number of carbonyl (C=O) groups excluding carboxylic acids is 1. The van der Waals surface area contributed by atoms with E-state index in [4.69, 9.17) is 5.73 Å². The summed E-state index contributed by atoms with van der Waals surface area (Å²) in [5.41, 5.74) is 7.91. The van der Waals surface area contributed by atoms with Crippen molar-refractivity contribution in [1.29, 1.82) is 0 Å². The monoisotopic (exact) mass is 248 g/mol. The molecule has 1 aromatic rings. The fourth-order valence-electron chi connectivity index (χ4n) is 1.96. The van der Waals surface area contributed by atoms with E-state index in [1.54, 1.807) is 0 Å². The Hall–Kier alpha value is -1.35. The van der Waals surface area contributed by atoms with E-state index in [-0.39, 0.29) is 11.9 Å². The van der Waals surface area contributed by atoms with Crippen LogP contribution in [0.5, 0.6) is 0 Å². The number of nitrogens with one attached hydrogen (secondary N) is 1. The minimum Gasteiger partial charge on any atom is -0.353 e. The van der Waals surface area contributed by atoms with E-state index in [1.165, 1.54) is 11.1 Å². The first-order valence-corrected chi connectivity index (χ1v) is 6.41. The summed E-state index contributed by atoms with van der Waals surface area (Å²) in [6.45, 7) is 7.83. The van der Waals surface area contributed by atoms with Gasteiger partial charge in [0, 0.05) is 18.0 Å². The minimum atomic E-state index is -0.452. The number of hydrogen-bond donors (Lipinski definition) is 2. The lowest BCUT2D eigenvalue weighted by Crippen LogP contribution is -2.42. The fourth-order valence-corrected chi connectivity index (χ4v) is 1.96. The number of carbonyl (C=O) groups is 1. The molecular weight excluding hydrogens is 224 g/mol. The lowest BCUT2D eigenvalue weighted by Gasteiger charge is -2.20. The van der Waals surface area contributed by atoms with Crippen LogP contribution in [0.3, 0.4) is 0 Å². The van der Waals surface area contributed by atoms with Crippen molar-refractivity contribution < 1.29 is 4.79 Å². The summed E-state index contributed by atoms with van der Waals surface area (Å²) in [6.07, 6.45) is 1.20. The Morgan fingerprint density at radius 3 is 2.56 bits per heavy atom. The van der Waals surface area contributed by atoms with E-state index >= 15 is 0 Å². The smallest absolute Gasteiger partial charge is 0.222 e. The summed E-state index contributed by atoms with van der Waals surface area (Å²) in [5.74, 6) is 0.0172. The van der Waals surface area contributed by atoms with Gasteiger partial charge in [-0.25, -0.2) is 0 Å². The number of hydrogen-bond acceptors (Lipinski definition) is 2. The van der Waals surface area contributed by atoms with Gasteiger partial charge >= 0.3 is 0 Å². The third kappa shape index (κ3) is 5.32. The largest absolute Gasteiger partial charge is 0.353 e. The van der Waals surface area contributed by atoms with Gasteiger partial charge < -0.3 is 11.1 Å². The van der Waals surface area contributed by atoms with E-state index in [1.807, 2.05) is 32.9 Å². The molecule has 0 aliphatic rings. The summed E-state index contributed by atoms with van der Waals surface area (Å²) in [6, 6.07) is 8.37. The highest BCUT2D eigenvalue weighted by Crippen LogP contribution is 2.10. The first kappa shape index (κ1) is 14.7. The second-order valence-corrected chi connectivity index (χ2v) is 5.76. The van der Waals surface area contributed by atoms with Gasteiger partial charge in [-0.05, 0) is 45.2 Å². The van der Waals surface area contributed by atoms with Gasteiger partial charge in [0.25, 0.3) is 0 Å². The van der Waals surface area contributed by atoms with Gasteiger partial charge in [0.05, 0.1) is 0 Å². The molecule has 1 rings (SSSR count). The molecule has 1 atom stereocenters. The fraction of sp³-hybridized carbons (Fsp3) is 0.533. The van der Waals surface area contributed by atoms with Crippen molar-refractivity contribution in [1.82, 2.24) is 5.32 Å². The van der Waals surface area contributed by atoms with Crippen LogP contribution in [0, 0.1) is 6.92 Å². The van der Waals surface area contributed by atoms with Crippen molar-refractivity contribution in [3.05, 3.63) is 35.4 Å². The molecule has 0 bridgehead atoms. The van der Waals surface area contributed by atoms with Crippen LogP contribution in [0.15, 0.2) is 24.3 Å². The zero-order valence-corrected chi connectivity index (χ0v) is 11.8. The third-order valence-electron chi connectivity index (χ3n) is 2.81. The number of aryl methyl sites for hydroxylation is 1. The Labute approximate surface area is 110 Å². The van der Waals surface area contributed by atoms with Crippen LogP contribution in [0.2, 0.25) is 0 Å². The SMILES string of the molecule is Cc1ccccc1CC(C)NC(=O)CC(C)(C)N. The molecule has 3 heteroatoms. The Bertz CT molecular complexity index is 407. The average Bonchev–Trinajstić information content (AvgIpc) is 2.18. The predicted molar refractivity (Wildman–Crippen MR) is 75.4 cm³/mol. The molecule has 1 amide bonds. The highest BCUT2D eigenvalue weighted by Gasteiger charge is 2.17. The van der Waals surface area contributed by atoms with Crippen LogP contribution >= 0.6 is 0 Å². The van der Waals surface area contributed by atoms with Crippen LogP contribution in [-0.2, 0) is 11.2 Å². The number of nitrogens with two attached hydrogens (primary N) is 1. The first-order valence-electron chi connectivity index (χ1n) is 6.41. The Morgan fingerprint density at radius 2 is 2.00 bits per heavy atom. The van der Waals surface area contributed by atoms with E-state index in [2.05, 4.69) is 24.4 Å². The molecule has 0 saturated carbocycles. The number of rotatable bonds is 5. The van der Waals surface area contributed by atoms with Crippen LogP contribution in [-0.4, -0.2) is 17.5 Å². The van der Waals surface area contributed by atoms with Crippen LogP contribution < -0.4 is 11.1 Å². The van der Waals surface area contributed by atoms with E-state index in [0.717, 1.165) is 6.42 Å². The molecule has 1 aromatic carbocycles. The van der Waals surface area contributed by atoms with Gasteiger partial charge in [0.15, 0.2) is 0 Å². The Morgan fingerprint density at radius 1 is 1.39 bits per heavy atom. The standard InChI is InChI=1S/C15H24N2O/c1-11-7-5-6-8-13(11)9-12(2)17-14(18)10-15(3,4)16/h5-8,12H,9-10,16H2,1-4H3,(H,17,18). The molecule has 0 aliphatic carbocycles. The molecule has 0 spiro atoms. The van der Waals surface area contributed by atoms with Gasteiger partial charge in [0.2, 0.25) is 5.91 Å². The van der Waals surface area contributed by atoms with E-state index in [0.29, 0.717) is 6.42 Å². The zero-order chi connectivity index (χ0) is 13.8. The number of amides is 1. The lowest BCUT2D eigenvalue weighted by atomic mass is 10.00. The van der Waals surface area contributed by atoms with E-state index < -0.39 is 5.54 Å². The molecule has 100 valence electrons. The average molecular weight is 248 g/mol. The summed E-state index contributed by atoms with van der Waals surface area (Å²) in [4.78, 5) is 11.8. The number of benzene rings is 1. The van der Waals surface area contributed by atoms with Gasteiger partial charge in [-0.2, -0.15) is 0 Å². The summed E-state index contributed by atoms with van der Waals surface area (Å²) >= 11 is 0. The second-order valence-electron chi connectivity index (χ2n) is 5.76. The van der Waals surface area contributed by atoms with Crippen LogP contribution in [0.1, 0.15) is 38.3 Å². The quantitative estimate of drug-likeness (QED) is 0.839. The third-order valence-corrected chi connectivity index (χ3v) is 2.81. The summed E-state index contributed by atoms with van der Waals surface area (Å²) < 4.78 is 0. The highest BCUT2D eigenvalue weighted by molar-refractivity contribution is 5.77. The van der Waals surface area contributed by atoms with Gasteiger partial charge in [-0.1, -0.05) is 24.3 Å². The summed E-state index contributed by atoms with van der Waals surface area (Å²) in [7, 11) is 0. The molecule has 0 aromatic heterocycles. The van der Waals surface area contributed by atoms with Crippen molar-refractivity contribution in [3.63, 3.8) is 0 Å². The molecule has 0 aliphatic heterocycles. The van der Waals surface area contributed by atoms with Gasteiger partial charge in [-0.3, -0.25) is 4.79 Å². The molecule has 3 nitrogen and oxygen atoms in total. The first-order chi connectivity index (χ1) is 8.28. The van der Waals surface area contributed by atoms with Crippen LogP contribution in [0.4, 0.5) is 0 Å². The normalized spacial score (nSPS) is 13.2. The molecule has 0 heterocycles. The van der Waals surface area contributed by atoms with E-state index in [9.17, 15) is 4.79 Å². The molecule has 0 radical (unpaired) electrons.